The lowest BCUT2D eigenvalue weighted by molar-refractivity contribution is 0.332. The quantitative estimate of drug-likeness (QED) is 0.847. The number of aryl methyl sites for hydroxylation is 2. The molecule has 1 fully saturated rings. The molecule has 1 saturated heterocycles. The topological polar surface area (TPSA) is 63.9 Å². The van der Waals surface area contributed by atoms with Gasteiger partial charge in [-0.2, -0.15) is 10.2 Å². The van der Waals surface area contributed by atoms with Crippen LogP contribution in [0.1, 0.15) is 24.1 Å². The molecule has 6 nitrogen and oxygen atoms in total. The van der Waals surface area contributed by atoms with Crippen LogP contribution in [-0.4, -0.2) is 33.1 Å². The van der Waals surface area contributed by atoms with Gasteiger partial charge < -0.3 is 4.90 Å². The second kappa shape index (κ2) is 5.51. The SMILES string of the molecule is O=c1cccnn1CC1CN(c2cc3c(nn2)CCCC3)C1. The Morgan fingerprint density at radius 3 is 2.91 bits per heavy atom. The summed E-state index contributed by atoms with van der Waals surface area (Å²) in [5.41, 5.74) is 2.50. The van der Waals surface area contributed by atoms with Gasteiger partial charge in [-0.15, -0.1) is 5.10 Å². The van der Waals surface area contributed by atoms with Gasteiger partial charge in [-0.1, -0.05) is 0 Å². The van der Waals surface area contributed by atoms with E-state index in [1.165, 1.54) is 24.1 Å². The standard InChI is InChI=1S/C16H19N5O/c22-16-6-3-7-17-21(16)11-12-9-20(10-12)15-8-13-4-1-2-5-14(13)18-19-15/h3,6-8,12H,1-2,4-5,9-11H2. The van der Waals surface area contributed by atoms with Crippen LogP contribution in [0.25, 0.3) is 0 Å². The van der Waals surface area contributed by atoms with E-state index in [-0.39, 0.29) is 5.56 Å². The Kier molecular flexibility index (Phi) is 3.36. The number of rotatable bonds is 3. The summed E-state index contributed by atoms with van der Waals surface area (Å²) in [7, 11) is 0. The van der Waals surface area contributed by atoms with E-state index in [0.717, 1.165) is 31.7 Å². The van der Waals surface area contributed by atoms with E-state index < -0.39 is 0 Å². The van der Waals surface area contributed by atoms with Gasteiger partial charge in [0.15, 0.2) is 5.82 Å². The molecule has 0 bridgehead atoms. The zero-order valence-corrected chi connectivity index (χ0v) is 12.5. The van der Waals surface area contributed by atoms with Crippen molar-refractivity contribution in [3.05, 3.63) is 46.0 Å². The monoisotopic (exact) mass is 297 g/mol. The predicted octanol–water partition coefficient (Wildman–Crippen LogP) is 1.05. The Bertz CT molecular complexity index is 735. The van der Waals surface area contributed by atoms with E-state index in [9.17, 15) is 4.79 Å². The van der Waals surface area contributed by atoms with Crippen LogP contribution in [0.4, 0.5) is 5.82 Å². The Morgan fingerprint density at radius 1 is 1.18 bits per heavy atom. The summed E-state index contributed by atoms with van der Waals surface area (Å²) in [6.07, 6.45) is 6.33. The number of anilines is 1. The molecular weight excluding hydrogens is 278 g/mol. The fourth-order valence-corrected chi connectivity index (χ4v) is 3.27. The van der Waals surface area contributed by atoms with E-state index in [2.05, 4.69) is 26.3 Å². The molecule has 114 valence electrons. The molecule has 1 aliphatic heterocycles. The van der Waals surface area contributed by atoms with Crippen LogP contribution in [0.5, 0.6) is 0 Å². The van der Waals surface area contributed by atoms with Gasteiger partial charge in [0, 0.05) is 31.3 Å². The van der Waals surface area contributed by atoms with Crippen molar-refractivity contribution in [1.82, 2.24) is 20.0 Å². The van der Waals surface area contributed by atoms with Crippen molar-refractivity contribution in [2.45, 2.75) is 32.2 Å². The number of nitrogens with zero attached hydrogens (tertiary/aromatic N) is 5. The maximum Gasteiger partial charge on any atom is 0.266 e. The van der Waals surface area contributed by atoms with Gasteiger partial charge in [0.25, 0.3) is 5.56 Å². The summed E-state index contributed by atoms with van der Waals surface area (Å²) in [6.45, 7) is 2.50. The van der Waals surface area contributed by atoms with Crippen molar-refractivity contribution in [1.29, 1.82) is 0 Å². The van der Waals surface area contributed by atoms with Gasteiger partial charge >= 0.3 is 0 Å². The Morgan fingerprint density at radius 2 is 2.05 bits per heavy atom. The first-order valence-electron chi connectivity index (χ1n) is 7.92. The van der Waals surface area contributed by atoms with Gasteiger partial charge in [-0.05, 0) is 43.4 Å². The van der Waals surface area contributed by atoms with Crippen LogP contribution in [0.2, 0.25) is 0 Å². The molecule has 0 saturated carbocycles. The Balaban J connectivity index is 1.41. The van der Waals surface area contributed by atoms with Crippen molar-refractivity contribution >= 4 is 5.82 Å². The smallest absolute Gasteiger partial charge is 0.266 e. The molecule has 4 rings (SSSR count). The van der Waals surface area contributed by atoms with E-state index in [1.54, 1.807) is 23.0 Å². The van der Waals surface area contributed by atoms with E-state index in [0.29, 0.717) is 12.5 Å². The highest BCUT2D eigenvalue weighted by atomic mass is 16.1. The van der Waals surface area contributed by atoms with Crippen LogP contribution < -0.4 is 10.5 Å². The maximum absolute atomic E-state index is 11.7. The van der Waals surface area contributed by atoms with E-state index in [1.807, 2.05) is 0 Å². The first-order chi connectivity index (χ1) is 10.8. The number of hydrogen-bond donors (Lipinski definition) is 0. The number of hydrogen-bond acceptors (Lipinski definition) is 5. The minimum absolute atomic E-state index is 0.0328. The van der Waals surface area contributed by atoms with Gasteiger partial charge in [-0.3, -0.25) is 4.79 Å². The van der Waals surface area contributed by atoms with Gasteiger partial charge in [-0.25, -0.2) is 4.68 Å². The second-order valence-electron chi connectivity index (χ2n) is 6.20. The lowest BCUT2D eigenvalue weighted by atomic mass is 9.95. The highest BCUT2D eigenvalue weighted by molar-refractivity contribution is 5.44. The lowest BCUT2D eigenvalue weighted by Gasteiger charge is -2.40. The molecule has 3 heterocycles. The Hall–Kier alpha value is -2.24. The molecule has 1 aliphatic carbocycles. The third kappa shape index (κ3) is 2.49. The molecule has 0 unspecified atom stereocenters. The van der Waals surface area contributed by atoms with Gasteiger partial charge in [0.2, 0.25) is 0 Å². The third-order valence-electron chi connectivity index (χ3n) is 4.55. The minimum atomic E-state index is -0.0328. The summed E-state index contributed by atoms with van der Waals surface area (Å²) in [5, 5.41) is 12.9. The van der Waals surface area contributed by atoms with Crippen LogP contribution in [0, 0.1) is 5.92 Å². The molecule has 2 aliphatic rings. The van der Waals surface area contributed by atoms with Crippen LogP contribution in [0.3, 0.4) is 0 Å². The van der Waals surface area contributed by atoms with Crippen molar-refractivity contribution < 1.29 is 0 Å². The van der Waals surface area contributed by atoms with Crippen molar-refractivity contribution in [3.8, 4) is 0 Å². The summed E-state index contributed by atoms with van der Waals surface area (Å²) >= 11 is 0. The van der Waals surface area contributed by atoms with Crippen molar-refractivity contribution in [2.75, 3.05) is 18.0 Å². The van der Waals surface area contributed by atoms with E-state index in [4.69, 9.17) is 0 Å². The molecular formula is C16H19N5O. The first-order valence-corrected chi connectivity index (χ1v) is 7.92. The first kappa shape index (κ1) is 13.4. The van der Waals surface area contributed by atoms with Crippen molar-refractivity contribution in [2.24, 2.45) is 5.92 Å². The lowest BCUT2D eigenvalue weighted by Crippen LogP contribution is -2.50. The Labute approximate surface area is 128 Å². The molecule has 2 aromatic heterocycles. The summed E-state index contributed by atoms with van der Waals surface area (Å²) < 4.78 is 1.54. The molecule has 6 heteroatoms. The number of fused-ring (bicyclic) bond motifs is 1. The predicted molar refractivity (Wildman–Crippen MR) is 82.9 cm³/mol. The summed E-state index contributed by atoms with van der Waals surface area (Å²) in [4.78, 5) is 13.9. The highest BCUT2D eigenvalue weighted by Crippen LogP contribution is 2.27. The van der Waals surface area contributed by atoms with Crippen LogP contribution in [0.15, 0.2) is 29.2 Å². The largest absolute Gasteiger partial charge is 0.354 e. The normalized spacial score (nSPS) is 17.9. The summed E-state index contributed by atoms with van der Waals surface area (Å²) in [6, 6.07) is 5.43. The average Bonchev–Trinajstić information content (AvgIpc) is 2.51. The zero-order chi connectivity index (χ0) is 14.9. The van der Waals surface area contributed by atoms with Crippen LogP contribution in [-0.2, 0) is 19.4 Å². The molecule has 22 heavy (non-hydrogen) atoms. The minimum Gasteiger partial charge on any atom is -0.354 e. The molecule has 0 radical (unpaired) electrons. The third-order valence-corrected chi connectivity index (χ3v) is 4.55. The summed E-state index contributed by atoms with van der Waals surface area (Å²) in [5.74, 6) is 1.43. The maximum atomic E-state index is 11.7. The highest BCUT2D eigenvalue weighted by Gasteiger charge is 2.29. The van der Waals surface area contributed by atoms with Crippen molar-refractivity contribution in [3.63, 3.8) is 0 Å². The number of aromatic nitrogens is 4. The van der Waals surface area contributed by atoms with E-state index >= 15 is 0 Å². The molecule has 0 atom stereocenters. The molecule has 0 spiro atoms. The molecule has 0 N–H and O–H groups in total. The molecule has 0 aromatic carbocycles. The van der Waals surface area contributed by atoms with Crippen LogP contribution >= 0.6 is 0 Å². The fourth-order valence-electron chi connectivity index (χ4n) is 3.27. The van der Waals surface area contributed by atoms with Gasteiger partial charge in [0.1, 0.15) is 0 Å². The average molecular weight is 297 g/mol. The molecule has 2 aromatic rings. The zero-order valence-electron chi connectivity index (χ0n) is 12.5. The van der Waals surface area contributed by atoms with Gasteiger partial charge in [0.05, 0.1) is 12.2 Å². The molecule has 0 amide bonds. The fraction of sp³-hybridized carbons (Fsp3) is 0.500. The second-order valence-corrected chi connectivity index (χ2v) is 6.20.